The van der Waals surface area contributed by atoms with Crippen molar-refractivity contribution in [3.63, 3.8) is 0 Å². The van der Waals surface area contributed by atoms with Crippen molar-refractivity contribution >= 4 is 5.71 Å². The Labute approximate surface area is 91.7 Å². The highest BCUT2D eigenvalue weighted by Gasteiger charge is 2.15. The van der Waals surface area contributed by atoms with E-state index in [1.54, 1.807) is 7.05 Å². The second-order valence-corrected chi connectivity index (χ2v) is 4.03. The molecule has 0 aliphatic heterocycles. The Hall–Kier alpha value is -1.31. The average molecular weight is 205 g/mol. The summed E-state index contributed by atoms with van der Waals surface area (Å²) >= 11 is 0. The number of rotatable bonds is 1. The van der Waals surface area contributed by atoms with Gasteiger partial charge in [-0.2, -0.15) is 0 Å². The van der Waals surface area contributed by atoms with Crippen LogP contribution < -0.4 is 0 Å². The topological polar surface area (TPSA) is 32.6 Å². The van der Waals surface area contributed by atoms with Crippen LogP contribution in [0.5, 0.6) is 5.75 Å². The molecule has 0 bridgehead atoms. The van der Waals surface area contributed by atoms with Crippen molar-refractivity contribution in [2.75, 3.05) is 7.05 Å². The molecule has 1 rings (SSSR count). The van der Waals surface area contributed by atoms with E-state index in [2.05, 4.69) is 11.9 Å². The maximum Gasteiger partial charge on any atom is 0.128 e. The lowest BCUT2D eigenvalue weighted by Gasteiger charge is -2.16. The van der Waals surface area contributed by atoms with Gasteiger partial charge in [0.1, 0.15) is 5.75 Å². The van der Waals surface area contributed by atoms with Crippen molar-refractivity contribution in [2.45, 2.75) is 34.6 Å². The molecule has 15 heavy (non-hydrogen) atoms. The van der Waals surface area contributed by atoms with Gasteiger partial charge in [0.25, 0.3) is 0 Å². The highest BCUT2D eigenvalue weighted by atomic mass is 16.3. The van der Waals surface area contributed by atoms with Gasteiger partial charge in [0.15, 0.2) is 0 Å². The van der Waals surface area contributed by atoms with Gasteiger partial charge in [-0.1, -0.05) is 0 Å². The maximum atomic E-state index is 10.1. The van der Waals surface area contributed by atoms with Crippen LogP contribution in [0.25, 0.3) is 0 Å². The molecule has 1 N–H and O–H groups in total. The summed E-state index contributed by atoms with van der Waals surface area (Å²) in [6.45, 7) is 10.0. The lowest BCUT2D eigenvalue weighted by molar-refractivity contribution is 0.468. The zero-order valence-corrected chi connectivity index (χ0v) is 10.4. The van der Waals surface area contributed by atoms with Gasteiger partial charge >= 0.3 is 0 Å². The molecule has 82 valence electrons. The van der Waals surface area contributed by atoms with Gasteiger partial charge in [0.2, 0.25) is 0 Å². The van der Waals surface area contributed by atoms with E-state index in [1.165, 1.54) is 5.56 Å². The van der Waals surface area contributed by atoms with Gasteiger partial charge in [-0.05, 0) is 56.9 Å². The molecule has 0 amide bonds. The number of hydrogen-bond acceptors (Lipinski definition) is 2. The minimum absolute atomic E-state index is 0.374. The molecular formula is C13H19NO. The fraction of sp³-hybridized carbons (Fsp3) is 0.462. The fourth-order valence-corrected chi connectivity index (χ4v) is 1.85. The summed E-state index contributed by atoms with van der Waals surface area (Å²) in [7, 11) is 1.75. The van der Waals surface area contributed by atoms with Crippen LogP contribution in [0.4, 0.5) is 0 Å². The zero-order chi connectivity index (χ0) is 11.7. The van der Waals surface area contributed by atoms with Crippen LogP contribution in [0.1, 0.15) is 34.7 Å². The van der Waals surface area contributed by atoms with Gasteiger partial charge in [-0.25, -0.2) is 0 Å². The third kappa shape index (κ3) is 1.76. The summed E-state index contributed by atoms with van der Waals surface area (Å²) in [6, 6.07) is 0. The molecule has 2 heteroatoms. The SMILES string of the molecule is CN=C(C)c1c(C)c(C)c(C)c(C)c1O. The van der Waals surface area contributed by atoms with Crippen LogP contribution in [0.2, 0.25) is 0 Å². The quantitative estimate of drug-likeness (QED) is 0.702. The molecule has 0 atom stereocenters. The number of aromatic hydroxyl groups is 1. The predicted molar refractivity (Wildman–Crippen MR) is 65.2 cm³/mol. The molecule has 0 radical (unpaired) electrons. The fourth-order valence-electron chi connectivity index (χ4n) is 1.85. The highest BCUT2D eigenvalue weighted by Crippen LogP contribution is 2.32. The Morgan fingerprint density at radius 1 is 0.933 bits per heavy atom. The number of phenols is 1. The summed E-state index contributed by atoms with van der Waals surface area (Å²) < 4.78 is 0. The summed E-state index contributed by atoms with van der Waals surface area (Å²) in [5.74, 6) is 0.374. The standard InChI is InChI=1S/C13H19NO/c1-7-8(2)10(4)13(15)12(9(7)3)11(5)14-6/h15H,1-6H3. The van der Waals surface area contributed by atoms with Crippen molar-refractivity contribution < 1.29 is 5.11 Å². The summed E-state index contributed by atoms with van der Waals surface area (Å²) in [6.07, 6.45) is 0. The first-order valence-electron chi connectivity index (χ1n) is 5.14. The van der Waals surface area contributed by atoms with Crippen LogP contribution in [-0.4, -0.2) is 17.9 Å². The van der Waals surface area contributed by atoms with Gasteiger partial charge < -0.3 is 5.11 Å². The van der Waals surface area contributed by atoms with Crippen molar-refractivity contribution in [3.8, 4) is 5.75 Å². The van der Waals surface area contributed by atoms with Crippen LogP contribution >= 0.6 is 0 Å². The molecule has 0 aliphatic rings. The Morgan fingerprint density at radius 2 is 1.40 bits per heavy atom. The van der Waals surface area contributed by atoms with Gasteiger partial charge in [-0.15, -0.1) is 0 Å². The summed E-state index contributed by atoms with van der Waals surface area (Å²) in [5.41, 5.74) is 6.25. The second-order valence-electron chi connectivity index (χ2n) is 4.03. The summed E-state index contributed by atoms with van der Waals surface area (Å²) in [4.78, 5) is 4.15. The van der Waals surface area contributed by atoms with Crippen LogP contribution in [0.15, 0.2) is 4.99 Å². The van der Waals surface area contributed by atoms with Crippen LogP contribution in [0, 0.1) is 27.7 Å². The molecule has 0 saturated heterocycles. The lowest BCUT2D eigenvalue weighted by Crippen LogP contribution is -2.04. The van der Waals surface area contributed by atoms with Crippen molar-refractivity contribution in [1.29, 1.82) is 0 Å². The first kappa shape index (κ1) is 11.8. The monoisotopic (exact) mass is 205 g/mol. The van der Waals surface area contributed by atoms with Crippen LogP contribution in [0.3, 0.4) is 0 Å². The van der Waals surface area contributed by atoms with E-state index in [4.69, 9.17) is 0 Å². The number of aliphatic imine (C=N–C) groups is 1. The molecule has 0 unspecified atom stereocenters. The Balaban J connectivity index is 3.67. The maximum absolute atomic E-state index is 10.1. The van der Waals surface area contributed by atoms with E-state index in [1.807, 2.05) is 27.7 Å². The van der Waals surface area contributed by atoms with E-state index in [9.17, 15) is 5.11 Å². The molecule has 0 saturated carbocycles. The molecular weight excluding hydrogens is 186 g/mol. The van der Waals surface area contributed by atoms with E-state index in [0.29, 0.717) is 5.75 Å². The van der Waals surface area contributed by atoms with E-state index < -0.39 is 0 Å². The van der Waals surface area contributed by atoms with Crippen LogP contribution in [-0.2, 0) is 0 Å². The third-order valence-corrected chi connectivity index (χ3v) is 3.35. The van der Waals surface area contributed by atoms with E-state index in [-0.39, 0.29) is 0 Å². The molecule has 0 aromatic heterocycles. The molecule has 2 nitrogen and oxygen atoms in total. The Bertz CT molecular complexity index is 402. The second kappa shape index (κ2) is 4.05. The number of nitrogens with zero attached hydrogens (tertiary/aromatic N) is 1. The number of hydrogen-bond donors (Lipinski definition) is 1. The average Bonchev–Trinajstić information content (AvgIpc) is 2.23. The Morgan fingerprint density at radius 3 is 1.87 bits per heavy atom. The van der Waals surface area contributed by atoms with Crippen molar-refractivity contribution in [2.24, 2.45) is 4.99 Å². The molecule has 1 aromatic carbocycles. The molecule has 0 fully saturated rings. The molecule has 1 aromatic rings. The Kier molecular flexibility index (Phi) is 3.18. The van der Waals surface area contributed by atoms with Crippen molar-refractivity contribution in [3.05, 3.63) is 27.8 Å². The lowest BCUT2D eigenvalue weighted by atomic mass is 9.91. The number of phenolic OH excluding ortho intramolecular Hbond substituents is 1. The molecule has 0 aliphatic carbocycles. The first-order valence-corrected chi connectivity index (χ1v) is 5.14. The normalized spacial score (nSPS) is 12.0. The summed E-state index contributed by atoms with van der Waals surface area (Å²) in [5, 5.41) is 10.1. The van der Waals surface area contributed by atoms with E-state index in [0.717, 1.165) is 28.0 Å². The smallest absolute Gasteiger partial charge is 0.128 e. The van der Waals surface area contributed by atoms with Gasteiger partial charge in [-0.3, -0.25) is 4.99 Å². The third-order valence-electron chi connectivity index (χ3n) is 3.35. The van der Waals surface area contributed by atoms with Crippen molar-refractivity contribution in [1.82, 2.24) is 0 Å². The largest absolute Gasteiger partial charge is 0.507 e. The van der Waals surface area contributed by atoms with Gasteiger partial charge in [0.05, 0.1) is 0 Å². The van der Waals surface area contributed by atoms with Gasteiger partial charge in [0, 0.05) is 18.3 Å². The minimum atomic E-state index is 0.374. The van der Waals surface area contributed by atoms with E-state index >= 15 is 0 Å². The molecule has 0 heterocycles. The minimum Gasteiger partial charge on any atom is -0.507 e. The first-order chi connectivity index (χ1) is 6.91. The zero-order valence-electron chi connectivity index (χ0n) is 10.4. The molecule has 0 spiro atoms. The number of benzene rings is 1. The predicted octanol–water partition coefficient (Wildman–Crippen LogP) is 3.06. The highest BCUT2D eigenvalue weighted by molar-refractivity contribution is 6.03.